The predicted molar refractivity (Wildman–Crippen MR) is 72.3 cm³/mol. The van der Waals surface area contributed by atoms with Crippen molar-refractivity contribution in [2.45, 2.75) is 12.8 Å². The third kappa shape index (κ3) is 3.79. The van der Waals surface area contributed by atoms with Crippen molar-refractivity contribution in [2.24, 2.45) is 0 Å². The van der Waals surface area contributed by atoms with Crippen molar-refractivity contribution in [3.63, 3.8) is 0 Å². The zero-order valence-electron chi connectivity index (χ0n) is 9.95. The summed E-state index contributed by atoms with van der Waals surface area (Å²) in [5.74, 6) is -0.0803. The quantitative estimate of drug-likeness (QED) is 0.498. The van der Waals surface area contributed by atoms with Crippen LogP contribution in [0.2, 0.25) is 5.02 Å². The zero-order chi connectivity index (χ0) is 12.8. The van der Waals surface area contributed by atoms with Gasteiger partial charge >= 0.3 is 0 Å². The highest BCUT2D eigenvalue weighted by Crippen LogP contribution is 2.19. The molecule has 0 saturated carbocycles. The number of nitrogens with zero attached hydrogens (tertiary/aromatic N) is 1. The van der Waals surface area contributed by atoms with E-state index < -0.39 is 0 Å². The molecule has 0 fully saturated rings. The lowest BCUT2D eigenvalue weighted by Gasteiger charge is -2.17. The summed E-state index contributed by atoms with van der Waals surface area (Å²) in [5.41, 5.74) is 6.68. The summed E-state index contributed by atoms with van der Waals surface area (Å²) in [6.07, 6.45) is 3.64. The van der Waals surface area contributed by atoms with Crippen molar-refractivity contribution in [2.75, 3.05) is 19.3 Å². The Balaban J connectivity index is 2.71. The molecule has 0 aliphatic heterocycles. The smallest absolute Gasteiger partial charge is 0.255 e. The molecule has 0 radical (unpaired) electrons. The van der Waals surface area contributed by atoms with Gasteiger partial charge in [-0.25, -0.2) is 0 Å². The number of allylic oxidation sites excluding steroid dienone is 1. The highest BCUT2D eigenvalue weighted by molar-refractivity contribution is 6.31. The molecule has 0 aromatic heterocycles. The van der Waals surface area contributed by atoms with E-state index in [2.05, 4.69) is 6.58 Å². The highest BCUT2D eigenvalue weighted by atomic mass is 35.5. The Morgan fingerprint density at radius 2 is 2.29 bits per heavy atom. The molecule has 0 heterocycles. The third-order valence-corrected chi connectivity index (χ3v) is 2.73. The van der Waals surface area contributed by atoms with Crippen LogP contribution in [0.15, 0.2) is 30.9 Å². The maximum atomic E-state index is 12.0. The standard InChI is InChI=1S/C13H17ClN2O/c1-3-4-5-8-16(2)13(17)11-7-6-10(14)9-12(11)15/h3,6-7,9H,1,4-5,8,15H2,2H3. The monoisotopic (exact) mass is 252 g/mol. The van der Waals surface area contributed by atoms with Gasteiger partial charge in [0.05, 0.1) is 5.56 Å². The molecule has 4 heteroatoms. The van der Waals surface area contributed by atoms with Crippen molar-refractivity contribution < 1.29 is 4.79 Å². The lowest BCUT2D eigenvalue weighted by Crippen LogP contribution is -2.28. The van der Waals surface area contributed by atoms with E-state index in [1.54, 1.807) is 30.1 Å². The number of benzene rings is 1. The number of nitrogen functional groups attached to an aromatic ring is 1. The third-order valence-electron chi connectivity index (χ3n) is 2.49. The minimum Gasteiger partial charge on any atom is -0.398 e. The summed E-state index contributed by atoms with van der Waals surface area (Å²) < 4.78 is 0. The molecular formula is C13H17ClN2O. The van der Waals surface area contributed by atoms with Gasteiger partial charge < -0.3 is 10.6 Å². The van der Waals surface area contributed by atoms with E-state index in [1.165, 1.54) is 0 Å². The molecule has 0 spiro atoms. The van der Waals surface area contributed by atoms with Gasteiger partial charge in [0.2, 0.25) is 0 Å². The average Bonchev–Trinajstić information content (AvgIpc) is 2.28. The Morgan fingerprint density at radius 1 is 1.59 bits per heavy atom. The van der Waals surface area contributed by atoms with Crippen molar-refractivity contribution in [1.29, 1.82) is 0 Å². The van der Waals surface area contributed by atoms with E-state index in [1.807, 2.05) is 6.08 Å². The molecule has 1 aromatic carbocycles. The first kappa shape index (κ1) is 13.6. The first-order chi connectivity index (χ1) is 8.06. The molecule has 0 aliphatic rings. The van der Waals surface area contributed by atoms with Gasteiger partial charge in [-0.05, 0) is 31.0 Å². The number of amides is 1. The van der Waals surface area contributed by atoms with Crippen LogP contribution in [0.1, 0.15) is 23.2 Å². The molecule has 1 aromatic rings. The number of carbonyl (C=O) groups excluding carboxylic acids is 1. The predicted octanol–water partition coefficient (Wildman–Crippen LogP) is 2.96. The number of nitrogens with two attached hydrogens (primary N) is 1. The second-order valence-corrected chi connectivity index (χ2v) is 4.33. The van der Waals surface area contributed by atoms with Crippen LogP contribution >= 0.6 is 11.6 Å². The van der Waals surface area contributed by atoms with E-state index in [9.17, 15) is 4.79 Å². The summed E-state index contributed by atoms with van der Waals surface area (Å²) in [5, 5.41) is 0.536. The molecular weight excluding hydrogens is 236 g/mol. The summed E-state index contributed by atoms with van der Waals surface area (Å²) >= 11 is 5.79. The Morgan fingerprint density at radius 3 is 2.88 bits per heavy atom. The molecule has 0 aliphatic carbocycles. The van der Waals surface area contributed by atoms with E-state index in [4.69, 9.17) is 17.3 Å². The second-order valence-electron chi connectivity index (χ2n) is 3.89. The summed E-state index contributed by atoms with van der Waals surface area (Å²) in [6.45, 7) is 4.33. The van der Waals surface area contributed by atoms with Crippen LogP contribution < -0.4 is 5.73 Å². The average molecular weight is 253 g/mol. The summed E-state index contributed by atoms with van der Waals surface area (Å²) in [4.78, 5) is 13.7. The minimum absolute atomic E-state index is 0.0803. The first-order valence-electron chi connectivity index (χ1n) is 5.47. The molecule has 3 nitrogen and oxygen atoms in total. The van der Waals surface area contributed by atoms with Gasteiger partial charge in [0.15, 0.2) is 0 Å². The Kier molecular flexibility index (Phi) is 5.04. The molecule has 0 unspecified atom stereocenters. The van der Waals surface area contributed by atoms with Gasteiger partial charge in [0.25, 0.3) is 5.91 Å². The topological polar surface area (TPSA) is 46.3 Å². The summed E-state index contributed by atoms with van der Waals surface area (Å²) in [7, 11) is 1.76. The van der Waals surface area contributed by atoms with E-state index in [0.717, 1.165) is 12.8 Å². The number of carbonyl (C=O) groups is 1. The lowest BCUT2D eigenvalue weighted by molar-refractivity contribution is 0.0795. The highest BCUT2D eigenvalue weighted by Gasteiger charge is 2.14. The van der Waals surface area contributed by atoms with Crippen molar-refractivity contribution >= 4 is 23.2 Å². The fourth-order valence-electron chi connectivity index (χ4n) is 1.51. The molecule has 17 heavy (non-hydrogen) atoms. The molecule has 2 N–H and O–H groups in total. The molecule has 92 valence electrons. The fraction of sp³-hybridized carbons (Fsp3) is 0.308. The molecule has 0 atom stereocenters. The van der Waals surface area contributed by atoms with Gasteiger partial charge in [0, 0.05) is 24.3 Å². The van der Waals surface area contributed by atoms with E-state index in [0.29, 0.717) is 22.8 Å². The van der Waals surface area contributed by atoms with E-state index >= 15 is 0 Å². The normalized spacial score (nSPS) is 10.0. The minimum atomic E-state index is -0.0803. The van der Waals surface area contributed by atoms with Crippen LogP contribution in [0.25, 0.3) is 0 Å². The number of hydrogen-bond acceptors (Lipinski definition) is 2. The fourth-order valence-corrected chi connectivity index (χ4v) is 1.69. The maximum absolute atomic E-state index is 12.0. The maximum Gasteiger partial charge on any atom is 0.255 e. The van der Waals surface area contributed by atoms with Gasteiger partial charge in [0.1, 0.15) is 0 Å². The van der Waals surface area contributed by atoms with Gasteiger partial charge in [-0.1, -0.05) is 17.7 Å². The van der Waals surface area contributed by atoms with Crippen LogP contribution in [-0.2, 0) is 0 Å². The van der Waals surface area contributed by atoms with Crippen molar-refractivity contribution in [3.05, 3.63) is 41.4 Å². The van der Waals surface area contributed by atoms with Crippen LogP contribution in [-0.4, -0.2) is 24.4 Å². The van der Waals surface area contributed by atoms with Crippen LogP contribution in [0.4, 0.5) is 5.69 Å². The van der Waals surface area contributed by atoms with Gasteiger partial charge in [-0.15, -0.1) is 6.58 Å². The number of halogens is 1. The Bertz CT molecular complexity index is 418. The largest absolute Gasteiger partial charge is 0.398 e. The van der Waals surface area contributed by atoms with Crippen LogP contribution in [0.5, 0.6) is 0 Å². The zero-order valence-corrected chi connectivity index (χ0v) is 10.7. The number of hydrogen-bond donors (Lipinski definition) is 1. The van der Waals surface area contributed by atoms with Crippen LogP contribution in [0.3, 0.4) is 0 Å². The number of anilines is 1. The number of rotatable bonds is 5. The van der Waals surface area contributed by atoms with Crippen molar-refractivity contribution in [3.8, 4) is 0 Å². The Labute approximate surface area is 107 Å². The van der Waals surface area contributed by atoms with Gasteiger partial charge in [-0.2, -0.15) is 0 Å². The summed E-state index contributed by atoms with van der Waals surface area (Å²) in [6, 6.07) is 4.92. The molecule has 1 rings (SSSR count). The SMILES string of the molecule is C=CCCCN(C)C(=O)c1ccc(Cl)cc1N. The van der Waals surface area contributed by atoms with Gasteiger partial charge in [-0.3, -0.25) is 4.79 Å². The first-order valence-corrected chi connectivity index (χ1v) is 5.85. The van der Waals surface area contributed by atoms with E-state index in [-0.39, 0.29) is 5.91 Å². The molecule has 0 saturated heterocycles. The Hall–Kier alpha value is -1.48. The van der Waals surface area contributed by atoms with Crippen LogP contribution in [0, 0.1) is 0 Å². The van der Waals surface area contributed by atoms with Crippen molar-refractivity contribution in [1.82, 2.24) is 4.90 Å². The lowest BCUT2D eigenvalue weighted by atomic mass is 10.1. The molecule has 0 bridgehead atoms. The second kappa shape index (κ2) is 6.30. The number of unbranched alkanes of at least 4 members (excludes halogenated alkanes) is 1. The molecule has 1 amide bonds.